The number of rotatable bonds is 6. The van der Waals surface area contributed by atoms with Gasteiger partial charge in [-0.25, -0.2) is 0 Å². The third kappa shape index (κ3) is 2.83. The van der Waals surface area contributed by atoms with Gasteiger partial charge in [0.15, 0.2) is 0 Å². The van der Waals surface area contributed by atoms with Crippen molar-refractivity contribution < 1.29 is 4.79 Å². The smallest absolute Gasteiger partial charge is 0.227 e. The average Bonchev–Trinajstić information content (AvgIpc) is 2.82. The molecule has 16 heavy (non-hydrogen) atoms. The molecule has 0 unspecified atom stereocenters. The predicted octanol–water partition coefficient (Wildman–Crippen LogP) is 2.13. The number of carbonyl (C=O) groups is 1. The van der Waals surface area contributed by atoms with Gasteiger partial charge in [-0.05, 0) is 24.3 Å². The molecular formula is C12H20N2OS. The Labute approximate surface area is 101 Å². The monoisotopic (exact) mass is 240 g/mol. The van der Waals surface area contributed by atoms with Gasteiger partial charge in [-0.2, -0.15) is 0 Å². The lowest BCUT2D eigenvalue weighted by Gasteiger charge is -2.28. The van der Waals surface area contributed by atoms with Crippen molar-refractivity contribution in [2.75, 3.05) is 6.54 Å². The Morgan fingerprint density at radius 3 is 2.62 bits per heavy atom. The van der Waals surface area contributed by atoms with E-state index in [0.717, 1.165) is 12.8 Å². The topological polar surface area (TPSA) is 55.1 Å². The maximum absolute atomic E-state index is 12.1. The zero-order valence-corrected chi connectivity index (χ0v) is 10.8. The second kappa shape index (κ2) is 6.01. The van der Waals surface area contributed by atoms with Crippen LogP contribution in [0.2, 0.25) is 0 Å². The van der Waals surface area contributed by atoms with Gasteiger partial charge in [0.1, 0.15) is 0 Å². The van der Waals surface area contributed by atoms with E-state index < -0.39 is 5.41 Å². The van der Waals surface area contributed by atoms with Crippen molar-refractivity contribution >= 4 is 17.2 Å². The van der Waals surface area contributed by atoms with E-state index in [4.69, 9.17) is 5.73 Å². The minimum atomic E-state index is -0.392. The van der Waals surface area contributed by atoms with Crippen LogP contribution in [0.1, 0.15) is 31.6 Å². The highest BCUT2D eigenvalue weighted by Gasteiger charge is 2.32. The third-order valence-corrected chi connectivity index (χ3v) is 4.11. The van der Waals surface area contributed by atoms with E-state index in [1.807, 2.05) is 31.4 Å². The van der Waals surface area contributed by atoms with Crippen LogP contribution in [0.25, 0.3) is 0 Å². The molecule has 0 fully saturated rings. The Bertz CT molecular complexity index is 310. The van der Waals surface area contributed by atoms with Crippen LogP contribution in [0.4, 0.5) is 0 Å². The molecule has 3 nitrogen and oxygen atoms in total. The minimum Gasteiger partial charge on any atom is -0.351 e. The Kier molecular flexibility index (Phi) is 4.96. The lowest BCUT2D eigenvalue weighted by Crippen LogP contribution is -2.44. The fourth-order valence-electron chi connectivity index (χ4n) is 1.72. The van der Waals surface area contributed by atoms with E-state index in [0.29, 0.717) is 13.1 Å². The van der Waals surface area contributed by atoms with Crippen LogP contribution in [0.15, 0.2) is 17.5 Å². The van der Waals surface area contributed by atoms with Gasteiger partial charge in [0.2, 0.25) is 5.91 Å². The van der Waals surface area contributed by atoms with Gasteiger partial charge >= 0.3 is 0 Å². The first kappa shape index (κ1) is 13.2. The molecule has 0 aromatic carbocycles. The van der Waals surface area contributed by atoms with Gasteiger partial charge < -0.3 is 11.1 Å². The van der Waals surface area contributed by atoms with E-state index in [2.05, 4.69) is 5.32 Å². The Balaban J connectivity index is 2.56. The van der Waals surface area contributed by atoms with Crippen molar-refractivity contribution in [2.24, 2.45) is 11.1 Å². The third-order valence-electron chi connectivity index (χ3n) is 3.23. The standard InChI is InChI=1S/C12H20N2OS/c1-3-12(4-2,9-13)11(15)14-8-10-6-5-7-16-10/h5-7H,3-4,8-9,13H2,1-2H3,(H,14,15). The van der Waals surface area contributed by atoms with Crippen molar-refractivity contribution in [2.45, 2.75) is 33.2 Å². The van der Waals surface area contributed by atoms with E-state index in [-0.39, 0.29) is 5.91 Å². The molecule has 0 saturated heterocycles. The van der Waals surface area contributed by atoms with Crippen LogP contribution in [0.3, 0.4) is 0 Å². The zero-order valence-electron chi connectivity index (χ0n) is 9.95. The summed E-state index contributed by atoms with van der Waals surface area (Å²) in [5, 5.41) is 4.98. The normalized spacial score (nSPS) is 11.4. The Morgan fingerprint density at radius 1 is 1.50 bits per heavy atom. The highest BCUT2D eigenvalue weighted by atomic mass is 32.1. The zero-order chi connectivity index (χ0) is 12.0. The molecule has 90 valence electrons. The molecule has 0 aliphatic carbocycles. The molecule has 0 bridgehead atoms. The van der Waals surface area contributed by atoms with Gasteiger partial charge in [0.05, 0.1) is 12.0 Å². The molecule has 1 aromatic rings. The van der Waals surface area contributed by atoms with Crippen molar-refractivity contribution in [3.63, 3.8) is 0 Å². The molecule has 1 heterocycles. The lowest BCUT2D eigenvalue weighted by atomic mass is 9.81. The molecule has 1 aromatic heterocycles. The van der Waals surface area contributed by atoms with E-state index >= 15 is 0 Å². The van der Waals surface area contributed by atoms with Crippen LogP contribution in [-0.2, 0) is 11.3 Å². The van der Waals surface area contributed by atoms with Crippen LogP contribution >= 0.6 is 11.3 Å². The molecule has 0 spiro atoms. The predicted molar refractivity (Wildman–Crippen MR) is 68.2 cm³/mol. The summed E-state index contributed by atoms with van der Waals surface area (Å²) in [6.45, 7) is 5.05. The SMILES string of the molecule is CCC(CC)(CN)C(=O)NCc1cccs1. The highest BCUT2D eigenvalue weighted by molar-refractivity contribution is 7.09. The van der Waals surface area contributed by atoms with Crippen molar-refractivity contribution in [3.05, 3.63) is 22.4 Å². The van der Waals surface area contributed by atoms with Gasteiger partial charge in [-0.1, -0.05) is 19.9 Å². The fraction of sp³-hybridized carbons (Fsp3) is 0.583. The highest BCUT2D eigenvalue weighted by Crippen LogP contribution is 2.25. The summed E-state index contributed by atoms with van der Waals surface area (Å²) in [6, 6.07) is 4.01. The van der Waals surface area contributed by atoms with Gasteiger partial charge in [-0.15, -0.1) is 11.3 Å². The van der Waals surface area contributed by atoms with Gasteiger partial charge in [0.25, 0.3) is 0 Å². The summed E-state index contributed by atoms with van der Waals surface area (Å²) in [7, 11) is 0. The molecule has 1 amide bonds. The molecule has 0 atom stereocenters. The Hall–Kier alpha value is -0.870. The summed E-state index contributed by atoms with van der Waals surface area (Å²) in [4.78, 5) is 13.2. The largest absolute Gasteiger partial charge is 0.351 e. The number of hydrogen-bond acceptors (Lipinski definition) is 3. The summed E-state index contributed by atoms with van der Waals surface area (Å²) in [6.07, 6.45) is 1.58. The molecule has 0 aliphatic rings. The van der Waals surface area contributed by atoms with E-state index in [1.165, 1.54) is 4.88 Å². The molecule has 0 radical (unpaired) electrons. The maximum Gasteiger partial charge on any atom is 0.227 e. The van der Waals surface area contributed by atoms with Gasteiger partial charge in [-0.3, -0.25) is 4.79 Å². The average molecular weight is 240 g/mol. The number of amides is 1. The van der Waals surface area contributed by atoms with Crippen molar-refractivity contribution in [3.8, 4) is 0 Å². The first-order chi connectivity index (χ1) is 7.68. The van der Waals surface area contributed by atoms with Crippen LogP contribution < -0.4 is 11.1 Å². The summed E-state index contributed by atoms with van der Waals surface area (Å²) in [5.74, 6) is 0.0772. The number of nitrogens with one attached hydrogen (secondary N) is 1. The molecule has 4 heteroatoms. The second-order valence-corrected chi connectivity index (χ2v) is 4.99. The van der Waals surface area contributed by atoms with Crippen LogP contribution in [0.5, 0.6) is 0 Å². The first-order valence-electron chi connectivity index (χ1n) is 5.69. The Morgan fingerprint density at radius 2 is 2.19 bits per heavy atom. The van der Waals surface area contributed by atoms with E-state index in [1.54, 1.807) is 11.3 Å². The van der Waals surface area contributed by atoms with Crippen molar-refractivity contribution in [1.29, 1.82) is 0 Å². The second-order valence-electron chi connectivity index (χ2n) is 3.95. The number of hydrogen-bond donors (Lipinski definition) is 2. The maximum atomic E-state index is 12.1. The molecule has 3 N–H and O–H groups in total. The fourth-order valence-corrected chi connectivity index (χ4v) is 2.37. The van der Waals surface area contributed by atoms with Crippen molar-refractivity contribution in [1.82, 2.24) is 5.32 Å². The van der Waals surface area contributed by atoms with Crippen LogP contribution in [-0.4, -0.2) is 12.5 Å². The number of carbonyl (C=O) groups excluding carboxylic acids is 1. The lowest BCUT2D eigenvalue weighted by molar-refractivity contribution is -0.131. The number of thiophene rings is 1. The molecule has 1 rings (SSSR count). The van der Waals surface area contributed by atoms with Crippen LogP contribution in [0, 0.1) is 5.41 Å². The first-order valence-corrected chi connectivity index (χ1v) is 6.57. The minimum absolute atomic E-state index is 0.0772. The number of nitrogens with two attached hydrogens (primary N) is 1. The molecule has 0 saturated carbocycles. The molecular weight excluding hydrogens is 220 g/mol. The molecule has 0 aliphatic heterocycles. The summed E-state index contributed by atoms with van der Waals surface area (Å²) < 4.78 is 0. The van der Waals surface area contributed by atoms with E-state index in [9.17, 15) is 4.79 Å². The quantitative estimate of drug-likeness (QED) is 0.800. The summed E-state index contributed by atoms with van der Waals surface area (Å²) in [5.41, 5.74) is 5.33. The summed E-state index contributed by atoms with van der Waals surface area (Å²) >= 11 is 1.65. The van der Waals surface area contributed by atoms with Gasteiger partial charge in [0, 0.05) is 11.4 Å².